The number of hydrogen-bond donors (Lipinski definition) is 3. The number of carbonyl (C=O) groups is 1. The molecule has 0 aromatic heterocycles. The van der Waals surface area contributed by atoms with Crippen LogP contribution in [0.1, 0.15) is 41.6 Å². The van der Waals surface area contributed by atoms with E-state index in [4.69, 9.17) is 5.11 Å². The Morgan fingerprint density at radius 3 is 2.53 bits per heavy atom. The van der Waals surface area contributed by atoms with Gasteiger partial charge >= 0.3 is 0 Å². The van der Waals surface area contributed by atoms with Crippen molar-refractivity contribution in [2.75, 3.05) is 6.61 Å². The van der Waals surface area contributed by atoms with Gasteiger partial charge in [-0.2, -0.15) is 0 Å². The molecule has 0 atom stereocenters. The van der Waals surface area contributed by atoms with Crippen molar-refractivity contribution in [1.82, 2.24) is 5.32 Å². The van der Waals surface area contributed by atoms with E-state index >= 15 is 0 Å². The summed E-state index contributed by atoms with van der Waals surface area (Å²) in [7, 11) is 0. The normalized spacial score (nSPS) is 23.1. The fourth-order valence-electron chi connectivity index (χ4n) is 2.65. The van der Waals surface area contributed by atoms with E-state index in [1.54, 1.807) is 12.1 Å². The second-order valence-electron chi connectivity index (χ2n) is 5.43. The summed E-state index contributed by atoms with van der Waals surface area (Å²) in [5, 5.41) is 21.6. The van der Waals surface area contributed by atoms with Gasteiger partial charge in [-0.15, -0.1) is 0 Å². The van der Waals surface area contributed by atoms with Crippen LogP contribution in [0, 0.1) is 12.8 Å². The van der Waals surface area contributed by atoms with E-state index in [1.807, 2.05) is 6.92 Å². The first-order valence-electron chi connectivity index (χ1n) is 6.81. The molecule has 1 fully saturated rings. The fourth-order valence-corrected chi connectivity index (χ4v) is 2.65. The zero-order valence-corrected chi connectivity index (χ0v) is 11.2. The number of aliphatic hydroxyl groups excluding tert-OH is 1. The van der Waals surface area contributed by atoms with Gasteiger partial charge < -0.3 is 15.5 Å². The maximum Gasteiger partial charge on any atom is 0.251 e. The Morgan fingerprint density at radius 1 is 1.26 bits per heavy atom. The molecule has 1 aromatic carbocycles. The van der Waals surface area contributed by atoms with Crippen LogP contribution in [0.3, 0.4) is 0 Å². The molecule has 0 spiro atoms. The summed E-state index contributed by atoms with van der Waals surface area (Å²) in [6, 6.07) is 5.07. The van der Waals surface area contributed by atoms with Crippen LogP contribution in [0.4, 0.5) is 0 Å². The molecule has 1 saturated carbocycles. The van der Waals surface area contributed by atoms with Gasteiger partial charge in [0.25, 0.3) is 5.91 Å². The third kappa shape index (κ3) is 3.70. The topological polar surface area (TPSA) is 69.6 Å². The fraction of sp³-hybridized carbons (Fsp3) is 0.533. The molecule has 1 aliphatic carbocycles. The second-order valence-corrected chi connectivity index (χ2v) is 5.43. The van der Waals surface area contributed by atoms with Gasteiger partial charge in [-0.25, -0.2) is 0 Å². The number of hydrogen-bond acceptors (Lipinski definition) is 3. The number of carbonyl (C=O) groups excluding carboxylic acids is 1. The summed E-state index contributed by atoms with van der Waals surface area (Å²) in [6.45, 7) is 2.09. The molecular weight excluding hydrogens is 242 g/mol. The van der Waals surface area contributed by atoms with E-state index in [0.29, 0.717) is 11.5 Å². The summed E-state index contributed by atoms with van der Waals surface area (Å²) in [4.78, 5) is 12.1. The first-order chi connectivity index (χ1) is 9.08. The number of amides is 1. The van der Waals surface area contributed by atoms with E-state index in [9.17, 15) is 9.90 Å². The predicted octanol–water partition coefficient (Wildman–Crippen LogP) is 1.98. The molecule has 104 valence electrons. The molecule has 0 saturated heterocycles. The van der Waals surface area contributed by atoms with Gasteiger partial charge in [0.05, 0.1) is 0 Å². The monoisotopic (exact) mass is 263 g/mol. The van der Waals surface area contributed by atoms with Crippen molar-refractivity contribution in [3.05, 3.63) is 29.3 Å². The lowest BCUT2D eigenvalue weighted by atomic mass is 9.86. The molecule has 19 heavy (non-hydrogen) atoms. The number of phenolic OH excluding ortho intramolecular Hbond substituents is 1. The third-order valence-corrected chi connectivity index (χ3v) is 3.76. The summed E-state index contributed by atoms with van der Waals surface area (Å²) >= 11 is 0. The lowest BCUT2D eigenvalue weighted by molar-refractivity contribution is 0.0913. The van der Waals surface area contributed by atoms with Crippen LogP contribution in [0.25, 0.3) is 0 Å². The molecule has 0 unspecified atom stereocenters. The Hall–Kier alpha value is -1.55. The van der Waals surface area contributed by atoms with Crippen molar-refractivity contribution >= 4 is 5.91 Å². The lowest BCUT2D eigenvalue weighted by Crippen LogP contribution is -2.38. The molecule has 0 radical (unpaired) electrons. The quantitative estimate of drug-likeness (QED) is 0.781. The molecule has 4 heteroatoms. The SMILES string of the molecule is Cc1cc(O)cc(C(=O)NC2CCC(CO)CC2)c1. The van der Waals surface area contributed by atoms with Crippen molar-refractivity contribution in [3.63, 3.8) is 0 Å². The van der Waals surface area contributed by atoms with Gasteiger partial charge in [0.15, 0.2) is 0 Å². The molecule has 0 aliphatic heterocycles. The molecule has 3 N–H and O–H groups in total. The molecule has 4 nitrogen and oxygen atoms in total. The highest BCUT2D eigenvalue weighted by Gasteiger charge is 2.22. The first kappa shape index (κ1) is 13.9. The molecule has 0 bridgehead atoms. The van der Waals surface area contributed by atoms with Crippen LogP contribution in [0.2, 0.25) is 0 Å². The number of aromatic hydroxyl groups is 1. The Kier molecular flexibility index (Phi) is 4.43. The average Bonchev–Trinajstić information content (AvgIpc) is 2.38. The number of nitrogens with one attached hydrogen (secondary N) is 1. The van der Waals surface area contributed by atoms with E-state index in [0.717, 1.165) is 31.2 Å². The van der Waals surface area contributed by atoms with E-state index < -0.39 is 0 Å². The number of aliphatic hydroxyl groups is 1. The van der Waals surface area contributed by atoms with Gasteiger partial charge in [-0.3, -0.25) is 4.79 Å². The smallest absolute Gasteiger partial charge is 0.251 e. The van der Waals surface area contributed by atoms with Crippen molar-refractivity contribution in [2.45, 2.75) is 38.6 Å². The standard InChI is InChI=1S/C15H21NO3/c1-10-6-12(8-14(18)7-10)15(19)16-13-4-2-11(9-17)3-5-13/h6-8,11,13,17-18H,2-5,9H2,1H3,(H,16,19). The summed E-state index contributed by atoms with van der Waals surface area (Å²) in [5.74, 6) is 0.372. The van der Waals surface area contributed by atoms with Crippen molar-refractivity contribution in [1.29, 1.82) is 0 Å². The lowest BCUT2D eigenvalue weighted by Gasteiger charge is -2.28. The van der Waals surface area contributed by atoms with Gasteiger partial charge in [-0.05, 0) is 62.3 Å². The summed E-state index contributed by atoms with van der Waals surface area (Å²) in [6.07, 6.45) is 3.74. The van der Waals surface area contributed by atoms with Crippen LogP contribution in [0.5, 0.6) is 5.75 Å². The van der Waals surface area contributed by atoms with Crippen molar-refractivity contribution in [2.24, 2.45) is 5.92 Å². The van der Waals surface area contributed by atoms with Crippen LogP contribution in [0.15, 0.2) is 18.2 Å². The highest BCUT2D eigenvalue weighted by molar-refractivity contribution is 5.95. The molecule has 2 rings (SSSR count). The number of benzene rings is 1. The maximum atomic E-state index is 12.1. The Morgan fingerprint density at radius 2 is 1.95 bits per heavy atom. The molecule has 1 aromatic rings. The molecule has 0 heterocycles. The Balaban J connectivity index is 1.94. The van der Waals surface area contributed by atoms with Crippen LogP contribution < -0.4 is 5.32 Å². The molecular formula is C15H21NO3. The van der Waals surface area contributed by atoms with Crippen LogP contribution >= 0.6 is 0 Å². The largest absolute Gasteiger partial charge is 0.508 e. The van der Waals surface area contributed by atoms with Crippen LogP contribution in [-0.2, 0) is 0 Å². The zero-order chi connectivity index (χ0) is 13.8. The number of rotatable bonds is 3. The minimum atomic E-state index is -0.133. The maximum absolute atomic E-state index is 12.1. The van der Waals surface area contributed by atoms with Crippen molar-refractivity contribution in [3.8, 4) is 5.75 Å². The van der Waals surface area contributed by atoms with E-state index in [1.165, 1.54) is 6.07 Å². The van der Waals surface area contributed by atoms with Gasteiger partial charge in [0.1, 0.15) is 5.75 Å². The predicted molar refractivity (Wildman–Crippen MR) is 73.1 cm³/mol. The van der Waals surface area contributed by atoms with Gasteiger partial charge in [0.2, 0.25) is 0 Å². The van der Waals surface area contributed by atoms with Crippen LogP contribution in [-0.4, -0.2) is 28.8 Å². The first-order valence-corrected chi connectivity index (χ1v) is 6.81. The minimum Gasteiger partial charge on any atom is -0.508 e. The summed E-state index contributed by atoms with van der Waals surface area (Å²) in [5.41, 5.74) is 1.37. The molecule has 1 aliphatic rings. The highest BCUT2D eigenvalue weighted by Crippen LogP contribution is 2.24. The highest BCUT2D eigenvalue weighted by atomic mass is 16.3. The zero-order valence-electron chi connectivity index (χ0n) is 11.2. The third-order valence-electron chi connectivity index (χ3n) is 3.76. The average molecular weight is 263 g/mol. The Bertz CT molecular complexity index is 430. The van der Waals surface area contributed by atoms with E-state index in [-0.39, 0.29) is 24.3 Å². The number of phenols is 1. The van der Waals surface area contributed by atoms with Gasteiger partial charge in [0, 0.05) is 18.2 Å². The minimum absolute atomic E-state index is 0.120. The van der Waals surface area contributed by atoms with Crippen molar-refractivity contribution < 1.29 is 15.0 Å². The summed E-state index contributed by atoms with van der Waals surface area (Å²) < 4.78 is 0. The Labute approximate surface area is 113 Å². The van der Waals surface area contributed by atoms with E-state index in [2.05, 4.69) is 5.32 Å². The van der Waals surface area contributed by atoms with Gasteiger partial charge in [-0.1, -0.05) is 0 Å². The second kappa shape index (κ2) is 6.06. The molecule has 1 amide bonds. The number of aryl methyl sites for hydroxylation is 1.